The number of nitrogens with two attached hydrogens (primary N) is 1. The highest BCUT2D eigenvalue weighted by molar-refractivity contribution is 14.1. The first-order valence-corrected chi connectivity index (χ1v) is 2.64. The van der Waals surface area contributed by atoms with Gasteiger partial charge < -0.3 is 5.73 Å². The Hall–Kier alpha value is 0.490. The number of carbonyl (C=O) groups excluding carboxylic acids is 1. The van der Waals surface area contributed by atoms with Crippen LogP contribution in [0.3, 0.4) is 0 Å². The summed E-state index contributed by atoms with van der Waals surface area (Å²) < 4.78 is 0.414. The molecule has 0 saturated heterocycles. The molecule has 0 saturated carbocycles. The summed E-state index contributed by atoms with van der Waals surface area (Å²) in [5.74, 6) is -0.259. The third-order valence-electron chi connectivity index (χ3n) is 0.132. The fourth-order valence-electron chi connectivity index (χ4n) is 0. The molecule has 0 rings (SSSR count). The van der Waals surface area contributed by atoms with Gasteiger partial charge in [-0.25, -0.2) is 0 Å². The monoisotopic (exact) mass is 221 g/mol. The molecule has 0 radical (unpaired) electrons. The van der Waals surface area contributed by atoms with Crippen LogP contribution in [-0.2, 0) is 4.79 Å². The highest BCUT2D eigenvalue weighted by Crippen LogP contribution is 1.72. The molecule has 4 heteroatoms. The predicted molar refractivity (Wildman–Crippen MR) is 35.3 cm³/mol. The molecule has 0 heterocycles. The number of alkyl halides is 1. The van der Waals surface area contributed by atoms with Gasteiger partial charge in [-0.3, -0.25) is 4.79 Å². The first-order chi connectivity index (χ1) is 2.27. The van der Waals surface area contributed by atoms with Crippen LogP contribution in [-0.4, -0.2) is 10.3 Å². The van der Waals surface area contributed by atoms with Gasteiger partial charge in [-0.2, -0.15) is 0 Å². The summed E-state index contributed by atoms with van der Waals surface area (Å²) in [5.41, 5.74) is 4.65. The van der Waals surface area contributed by atoms with Crippen LogP contribution in [0.2, 0.25) is 0 Å². The molecule has 0 atom stereocenters. The Morgan fingerprint density at radius 2 is 2.00 bits per heavy atom. The van der Waals surface area contributed by atoms with Crippen molar-refractivity contribution < 1.29 is 4.79 Å². The maximum atomic E-state index is 9.58. The number of halogens is 2. The second kappa shape index (κ2) is 5.49. The van der Waals surface area contributed by atoms with E-state index in [1.165, 1.54) is 0 Å². The van der Waals surface area contributed by atoms with Crippen molar-refractivity contribution in [2.75, 3.05) is 4.43 Å². The van der Waals surface area contributed by atoms with E-state index < -0.39 is 0 Å². The number of carbonyl (C=O) groups is 1. The van der Waals surface area contributed by atoms with Crippen molar-refractivity contribution >= 4 is 40.9 Å². The number of hydrogen-bond acceptors (Lipinski definition) is 1. The van der Waals surface area contributed by atoms with Crippen LogP contribution in [0, 0.1) is 0 Å². The molecule has 0 aromatic rings. The SMILES string of the molecule is Cl.NC(=O)CI. The summed E-state index contributed by atoms with van der Waals surface area (Å²) in [4.78, 5) is 9.58. The molecule has 0 spiro atoms. The summed E-state index contributed by atoms with van der Waals surface area (Å²) in [5, 5.41) is 0. The Bertz CT molecular complexity index is 48.8. The van der Waals surface area contributed by atoms with Crippen molar-refractivity contribution in [3.63, 3.8) is 0 Å². The average Bonchev–Trinajstić information content (AvgIpc) is 1.38. The van der Waals surface area contributed by atoms with Gasteiger partial charge in [0.15, 0.2) is 0 Å². The third kappa shape index (κ3) is 8.82. The highest BCUT2D eigenvalue weighted by Gasteiger charge is 1.79. The third-order valence-corrected chi connectivity index (χ3v) is 0.884. The van der Waals surface area contributed by atoms with Gasteiger partial charge in [0.05, 0.1) is 4.43 Å². The molecule has 0 aromatic carbocycles. The Morgan fingerprint density at radius 1 is 1.83 bits per heavy atom. The zero-order valence-electron chi connectivity index (χ0n) is 2.98. The molecule has 2 N–H and O–H groups in total. The quantitative estimate of drug-likeness (QED) is 0.503. The highest BCUT2D eigenvalue weighted by atomic mass is 127. The lowest BCUT2D eigenvalue weighted by Gasteiger charge is -1.71. The van der Waals surface area contributed by atoms with Gasteiger partial charge in [-0.05, 0) is 0 Å². The minimum atomic E-state index is -0.259. The topological polar surface area (TPSA) is 43.1 Å². The van der Waals surface area contributed by atoms with Crippen LogP contribution in [0.4, 0.5) is 0 Å². The predicted octanol–water partition coefficient (Wildman–Crippen LogP) is 0.329. The van der Waals surface area contributed by atoms with Gasteiger partial charge in [-0.1, -0.05) is 22.6 Å². The Labute approximate surface area is 56.0 Å². The molecular weight excluding hydrogens is 216 g/mol. The molecule has 0 unspecified atom stereocenters. The van der Waals surface area contributed by atoms with Crippen molar-refractivity contribution in [3.05, 3.63) is 0 Å². The van der Waals surface area contributed by atoms with Gasteiger partial charge >= 0.3 is 0 Å². The molecule has 0 fully saturated rings. The number of primary amides is 1. The van der Waals surface area contributed by atoms with E-state index in [0.29, 0.717) is 4.43 Å². The minimum Gasteiger partial charge on any atom is -0.369 e. The van der Waals surface area contributed by atoms with E-state index in [-0.39, 0.29) is 18.3 Å². The maximum absolute atomic E-state index is 9.58. The fraction of sp³-hybridized carbons (Fsp3) is 0.500. The second-order valence-electron chi connectivity index (χ2n) is 0.600. The molecule has 6 heavy (non-hydrogen) atoms. The van der Waals surface area contributed by atoms with Crippen molar-refractivity contribution in [2.45, 2.75) is 0 Å². The van der Waals surface area contributed by atoms with Gasteiger partial charge in [0, 0.05) is 0 Å². The molecule has 0 aliphatic rings. The molecule has 1 amide bonds. The van der Waals surface area contributed by atoms with Gasteiger partial charge in [0.2, 0.25) is 5.91 Å². The van der Waals surface area contributed by atoms with Crippen molar-refractivity contribution in [1.82, 2.24) is 0 Å². The lowest BCUT2D eigenvalue weighted by Crippen LogP contribution is -2.10. The van der Waals surface area contributed by atoms with Crippen LogP contribution in [0.25, 0.3) is 0 Å². The molecular formula is C2H5ClINO. The first kappa shape index (κ1) is 9.70. The van der Waals surface area contributed by atoms with E-state index in [2.05, 4.69) is 5.73 Å². The van der Waals surface area contributed by atoms with Gasteiger partial charge in [0.1, 0.15) is 0 Å². The van der Waals surface area contributed by atoms with Crippen LogP contribution in [0.15, 0.2) is 0 Å². The number of rotatable bonds is 1. The maximum Gasteiger partial charge on any atom is 0.227 e. The normalized spacial score (nSPS) is 6.17. The smallest absolute Gasteiger partial charge is 0.227 e. The summed E-state index contributed by atoms with van der Waals surface area (Å²) in [7, 11) is 0. The van der Waals surface area contributed by atoms with E-state index in [4.69, 9.17) is 0 Å². The lowest BCUT2D eigenvalue weighted by molar-refractivity contribution is -0.115. The Balaban J connectivity index is 0. The second-order valence-corrected chi connectivity index (χ2v) is 1.36. The standard InChI is InChI=1S/C2H4INO.ClH/c3-1-2(4)5;/h1H2,(H2,4,5);1H. The van der Waals surface area contributed by atoms with Crippen molar-refractivity contribution in [2.24, 2.45) is 5.73 Å². The van der Waals surface area contributed by atoms with E-state index in [1.807, 2.05) is 22.6 Å². The summed E-state index contributed by atoms with van der Waals surface area (Å²) >= 11 is 1.90. The van der Waals surface area contributed by atoms with Gasteiger partial charge in [-0.15, -0.1) is 12.4 Å². The largest absolute Gasteiger partial charge is 0.369 e. The average molecular weight is 221 g/mol. The van der Waals surface area contributed by atoms with E-state index >= 15 is 0 Å². The zero-order chi connectivity index (χ0) is 4.28. The van der Waals surface area contributed by atoms with Crippen LogP contribution >= 0.6 is 35.0 Å². The molecule has 38 valence electrons. The molecule has 2 nitrogen and oxygen atoms in total. The Morgan fingerprint density at radius 3 is 2.00 bits per heavy atom. The van der Waals surface area contributed by atoms with Crippen molar-refractivity contribution in [1.29, 1.82) is 0 Å². The summed E-state index contributed by atoms with van der Waals surface area (Å²) in [6.07, 6.45) is 0. The van der Waals surface area contributed by atoms with Crippen molar-refractivity contribution in [3.8, 4) is 0 Å². The molecule has 0 aliphatic heterocycles. The van der Waals surface area contributed by atoms with Crippen LogP contribution < -0.4 is 5.73 Å². The summed E-state index contributed by atoms with van der Waals surface area (Å²) in [6, 6.07) is 0. The minimum absolute atomic E-state index is 0. The zero-order valence-corrected chi connectivity index (χ0v) is 5.95. The fourth-order valence-corrected chi connectivity index (χ4v) is 0. The first-order valence-electron chi connectivity index (χ1n) is 1.11. The lowest BCUT2D eigenvalue weighted by atomic mass is 10.8. The number of amides is 1. The molecule has 0 aliphatic carbocycles. The Kier molecular flexibility index (Phi) is 8.88. The number of hydrogen-bond donors (Lipinski definition) is 1. The van der Waals surface area contributed by atoms with Gasteiger partial charge in [0.25, 0.3) is 0 Å². The van der Waals surface area contributed by atoms with E-state index in [0.717, 1.165) is 0 Å². The van der Waals surface area contributed by atoms with Crippen LogP contribution in [0.1, 0.15) is 0 Å². The summed E-state index contributed by atoms with van der Waals surface area (Å²) in [6.45, 7) is 0. The molecule has 0 aromatic heterocycles. The van der Waals surface area contributed by atoms with Crippen LogP contribution in [0.5, 0.6) is 0 Å². The van der Waals surface area contributed by atoms with E-state index in [1.54, 1.807) is 0 Å². The molecule has 0 bridgehead atoms. The van der Waals surface area contributed by atoms with E-state index in [9.17, 15) is 4.79 Å².